The molecule has 0 bridgehead atoms. The molecule has 2 aromatic rings. The minimum absolute atomic E-state index is 0.173. The van der Waals surface area contributed by atoms with E-state index in [1.54, 1.807) is 12.3 Å². The largest absolute Gasteiger partial charge is 0.491 e. The van der Waals surface area contributed by atoms with E-state index in [2.05, 4.69) is 10.3 Å². The van der Waals surface area contributed by atoms with Crippen LogP contribution in [0.3, 0.4) is 0 Å². The van der Waals surface area contributed by atoms with Crippen molar-refractivity contribution in [1.82, 2.24) is 4.98 Å². The number of carbonyl (C=O) groups is 1. The normalized spacial score (nSPS) is 17.0. The SMILES string of the molecule is Cc1ccc(C(=O)Nc2cccc(OC[C@@H]3CCCO3)c2)cn1. The first-order valence-corrected chi connectivity index (χ1v) is 7.79. The van der Waals surface area contributed by atoms with E-state index in [9.17, 15) is 4.79 Å². The minimum atomic E-state index is -0.186. The molecule has 0 spiro atoms. The van der Waals surface area contributed by atoms with Crippen molar-refractivity contribution in [2.24, 2.45) is 0 Å². The molecule has 1 N–H and O–H groups in total. The lowest BCUT2D eigenvalue weighted by Crippen LogP contribution is -2.16. The topological polar surface area (TPSA) is 60.5 Å². The van der Waals surface area contributed by atoms with Gasteiger partial charge in [0.1, 0.15) is 12.4 Å². The van der Waals surface area contributed by atoms with Gasteiger partial charge in [-0.25, -0.2) is 0 Å². The molecule has 1 aliphatic rings. The van der Waals surface area contributed by atoms with E-state index in [1.807, 2.05) is 37.3 Å². The Morgan fingerprint density at radius 2 is 2.30 bits per heavy atom. The van der Waals surface area contributed by atoms with Crippen LogP contribution in [-0.2, 0) is 4.74 Å². The standard InChI is InChI=1S/C18H20N2O3/c1-13-7-8-14(11-19-13)18(21)20-15-4-2-5-16(10-15)23-12-17-6-3-9-22-17/h2,4-5,7-8,10-11,17H,3,6,9,12H2,1H3,(H,20,21)/t17-/m0/s1. The zero-order valence-electron chi connectivity index (χ0n) is 13.1. The van der Waals surface area contributed by atoms with Crippen molar-refractivity contribution >= 4 is 11.6 Å². The highest BCUT2D eigenvalue weighted by atomic mass is 16.5. The molecule has 0 radical (unpaired) electrons. The third-order valence-corrected chi connectivity index (χ3v) is 3.73. The number of hydrogen-bond acceptors (Lipinski definition) is 4. The zero-order valence-corrected chi connectivity index (χ0v) is 13.1. The fourth-order valence-electron chi connectivity index (χ4n) is 2.43. The molecule has 5 nitrogen and oxygen atoms in total. The van der Waals surface area contributed by atoms with Crippen molar-refractivity contribution < 1.29 is 14.3 Å². The lowest BCUT2D eigenvalue weighted by atomic mass is 10.2. The van der Waals surface area contributed by atoms with Crippen molar-refractivity contribution in [2.75, 3.05) is 18.5 Å². The summed E-state index contributed by atoms with van der Waals surface area (Å²) in [4.78, 5) is 16.3. The van der Waals surface area contributed by atoms with Crippen LogP contribution >= 0.6 is 0 Å². The fourth-order valence-corrected chi connectivity index (χ4v) is 2.43. The van der Waals surface area contributed by atoms with Crippen LogP contribution in [0.2, 0.25) is 0 Å². The van der Waals surface area contributed by atoms with Crippen LogP contribution in [0, 0.1) is 6.92 Å². The zero-order chi connectivity index (χ0) is 16.1. The number of rotatable bonds is 5. The van der Waals surface area contributed by atoms with Crippen LogP contribution < -0.4 is 10.1 Å². The van der Waals surface area contributed by atoms with Crippen molar-refractivity contribution in [2.45, 2.75) is 25.9 Å². The predicted molar refractivity (Wildman–Crippen MR) is 87.8 cm³/mol. The maximum absolute atomic E-state index is 12.2. The Bertz CT molecular complexity index is 664. The summed E-state index contributed by atoms with van der Waals surface area (Å²) in [5, 5.41) is 2.86. The summed E-state index contributed by atoms with van der Waals surface area (Å²) >= 11 is 0. The number of nitrogens with one attached hydrogen (secondary N) is 1. The van der Waals surface area contributed by atoms with Gasteiger partial charge in [0.05, 0.1) is 11.7 Å². The minimum Gasteiger partial charge on any atom is -0.491 e. The van der Waals surface area contributed by atoms with Gasteiger partial charge in [-0.2, -0.15) is 0 Å². The summed E-state index contributed by atoms with van der Waals surface area (Å²) in [5.74, 6) is 0.536. The smallest absolute Gasteiger partial charge is 0.257 e. The van der Waals surface area contributed by atoms with Crippen LogP contribution in [0.1, 0.15) is 28.9 Å². The molecule has 23 heavy (non-hydrogen) atoms. The van der Waals surface area contributed by atoms with Gasteiger partial charge in [0.25, 0.3) is 5.91 Å². The van der Waals surface area contributed by atoms with Gasteiger partial charge in [-0.05, 0) is 44.0 Å². The number of aromatic nitrogens is 1. The van der Waals surface area contributed by atoms with Gasteiger partial charge in [-0.3, -0.25) is 9.78 Å². The molecule has 1 amide bonds. The molecule has 1 saturated heterocycles. The third kappa shape index (κ3) is 4.29. The summed E-state index contributed by atoms with van der Waals surface area (Å²) in [7, 11) is 0. The van der Waals surface area contributed by atoms with Crippen LogP contribution in [0.4, 0.5) is 5.69 Å². The molecule has 0 saturated carbocycles. The highest BCUT2D eigenvalue weighted by Gasteiger charge is 2.16. The third-order valence-electron chi connectivity index (χ3n) is 3.73. The molecule has 2 heterocycles. The quantitative estimate of drug-likeness (QED) is 0.921. The Morgan fingerprint density at radius 3 is 3.04 bits per heavy atom. The Balaban J connectivity index is 1.60. The van der Waals surface area contributed by atoms with Crippen LogP contribution in [0.15, 0.2) is 42.6 Å². The van der Waals surface area contributed by atoms with Crippen molar-refractivity contribution in [3.05, 3.63) is 53.9 Å². The van der Waals surface area contributed by atoms with Gasteiger partial charge < -0.3 is 14.8 Å². The van der Waals surface area contributed by atoms with Gasteiger partial charge >= 0.3 is 0 Å². The van der Waals surface area contributed by atoms with Gasteiger partial charge in [0.15, 0.2) is 0 Å². The first kappa shape index (κ1) is 15.5. The van der Waals surface area contributed by atoms with E-state index in [0.29, 0.717) is 17.9 Å². The number of hydrogen-bond donors (Lipinski definition) is 1. The van der Waals surface area contributed by atoms with Gasteiger partial charge in [0, 0.05) is 30.3 Å². The van der Waals surface area contributed by atoms with Crippen LogP contribution in [0.5, 0.6) is 5.75 Å². The predicted octanol–water partition coefficient (Wildman–Crippen LogP) is 3.20. The van der Waals surface area contributed by atoms with Gasteiger partial charge in [0.2, 0.25) is 0 Å². The van der Waals surface area contributed by atoms with E-state index >= 15 is 0 Å². The highest BCUT2D eigenvalue weighted by molar-refractivity contribution is 6.04. The van der Waals surface area contributed by atoms with Gasteiger partial charge in [-0.1, -0.05) is 6.07 Å². The van der Waals surface area contributed by atoms with Crippen LogP contribution in [0.25, 0.3) is 0 Å². The Labute approximate surface area is 135 Å². The molecule has 1 aromatic heterocycles. The van der Waals surface area contributed by atoms with Crippen molar-refractivity contribution in [3.8, 4) is 5.75 Å². The van der Waals surface area contributed by atoms with E-state index in [1.165, 1.54) is 0 Å². The summed E-state index contributed by atoms with van der Waals surface area (Å²) in [6.07, 6.45) is 3.88. The molecule has 1 aliphatic heterocycles. The Morgan fingerprint density at radius 1 is 1.39 bits per heavy atom. The molecular weight excluding hydrogens is 292 g/mol. The molecule has 120 valence electrons. The molecule has 5 heteroatoms. The van der Waals surface area contributed by atoms with Crippen molar-refractivity contribution in [1.29, 1.82) is 0 Å². The lowest BCUT2D eigenvalue weighted by Gasteiger charge is -2.12. The van der Waals surface area contributed by atoms with Crippen LogP contribution in [-0.4, -0.2) is 30.2 Å². The molecule has 1 atom stereocenters. The van der Waals surface area contributed by atoms with Crippen molar-refractivity contribution in [3.63, 3.8) is 0 Å². The first-order valence-electron chi connectivity index (χ1n) is 7.79. The number of amides is 1. The number of nitrogens with zero attached hydrogens (tertiary/aromatic N) is 1. The monoisotopic (exact) mass is 312 g/mol. The lowest BCUT2D eigenvalue weighted by molar-refractivity contribution is 0.0680. The fraction of sp³-hybridized carbons (Fsp3) is 0.333. The molecule has 0 aliphatic carbocycles. The molecule has 3 rings (SSSR count). The van der Waals surface area contributed by atoms with E-state index in [0.717, 1.165) is 30.9 Å². The second kappa shape index (κ2) is 7.24. The number of ether oxygens (including phenoxy) is 2. The Hall–Kier alpha value is -2.40. The molecule has 1 aromatic carbocycles. The second-order valence-corrected chi connectivity index (χ2v) is 5.62. The van der Waals surface area contributed by atoms with E-state index < -0.39 is 0 Å². The number of anilines is 1. The Kier molecular flexibility index (Phi) is 4.88. The van der Waals surface area contributed by atoms with E-state index in [4.69, 9.17) is 9.47 Å². The molecule has 0 unspecified atom stereocenters. The average molecular weight is 312 g/mol. The van der Waals surface area contributed by atoms with E-state index in [-0.39, 0.29) is 12.0 Å². The average Bonchev–Trinajstić information content (AvgIpc) is 3.07. The summed E-state index contributed by atoms with van der Waals surface area (Å²) in [5.41, 5.74) is 2.10. The van der Waals surface area contributed by atoms with Gasteiger partial charge in [-0.15, -0.1) is 0 Å². The number of carbonyl (C=O) groups excluding carboxylic acids is 1. The number of aryl methyl sites for hydroxylation is 1. The summed E-state index contributed by atoms with van der Waals surface area (Å²) in [6.45, 7) is 3.24. The number of pyridine rings is 1. The maximum Gasteiger partial charge on any atom is 0.257 e. The summed E-state index contributed by atoms with van der Waals surface area (Å²) in [6, 6.07) is 10.9. The first-order chi connectivity index (χ1) is 11.2. The molecular formula is C18H20N2O3. The highest BCUT2D eigenvalue weighted by Crippen LogP contribution is 2.20. The molecule has 1 fully saturated rings. The second-order valence-electron chi connectivity index (χ2n) is 5.62. The maximum atomic E-state index is 12.2. The number of benzene rings is 1. The summed E-state index contributed by atoms with van der Waals surface area (Å²) < 4.78 is 11.3.